The molecule has 33 heavy (non-hydrogen) atoms. The van der Waals surface area contributed by atoms with E-state index in [1.54, 1.807) is 12.1 Å². The monoisotopic (exact) mass is 485 g/mol. The number of furan rings is 1. The third kappa shape index (κ3) is 4.64. The molecule has 0 radical (unpaired) electrons. The maximum absolute atomic E-state index is 12.7. The van der Waals surface area contributed by atoms with Gasteiger partial charge in [-0.05, 0) is 35.5 Å². The molecule has 0 aliphatic carbocycles. The summed E-state index contributed by atoms with van der Waals surface area (Å²) in [6.45, 7) is -0.0350. The van der Waals surface area contributed by atoms with Crippen LogP contribution in [0, 0.1) is 20.2 Å². The molecule has 1 aliphatic heterocycles. The minimum absolute atomic E-state index is 0.0350. The van der Waals surface area contributed by atoms with Crippen molar-refractivity contribution in [2.24, 2.45) is 0 Å². The van der Waals surface area contributed by atoms with E-state index in [-0.39, 0.29) is 39.4 Å². The van der Waals surface area contributed by atoms with Gasteiger partial charge in [0.15, 0.2) is 0 Å². The number of rotatable bonds is 6. The Morgan fingerprint density at radius 1 is 0.970 bits per heavy atom. The van der Waals surface area contributed by atoms with E-state index in [1.807, 2.05) is 0 Å². The molecule has 2 amide bonds. The Hall–Kier alpha value is -3.96. The van der Waals surface area contributed by atoms with Crippen LogP contribution in [0.15, 0.2) is 63.9 Å². The quantitative estimate of drug-likeness (QED) is 0.248. The number of nitro groups is 2. The fraction of sp³-hybridized carbons (Fsp3) is 0.0476. The normalized spacial score (nSPS) is 14.8. The van der Waals surface area contributed by atoms with Crippen LogP contribution >= 0.6 is 23.4 Å². The number of carbonyl (C=O) groups is 2. The lowest BCUT2D eigenvalue weighted by molar-refractivity contribution is -0.385. The predicted octanol–water partition coefficient (Wildman–Crippen LogP) is 5.65. The van der Waals surface area contributed by atoms with Crippen molar-refractivity contribution in [3.8, 4) is 11.3 Å². The van der Waals surface area contributed by atoms with Gasteiger partial charge in [-0.2, -0.15) is 0 Å². The summed E-state index contributed by atoms with van der Waals surface area (Å²) in [6, 6.07) is 12.6. The molecule has 1 aromatic heterocycles. The molecule has 1 fully saturated rings. The number of imide groups is 1. The van der Waals surface area contributed by atoms with Crippen molar-refractivity contribution in [1.29, 1.82) is 0 Å². The molecule has 0 spiro atoms. The molecule has 10 nitrogen and oxygen atoms in total. The van der Waals surface area contributed by atoms with Crippen LogP contribution in [0.1, 0.15) is 11.3 Å². The van der Waals surface area contributed by atoms with Gasteiger partial charge in [0, 0.05) is 35.9 Å². The third-order valence-electron chi connectivity index (χ3n) is 4.69. The first-order chi connectivity index (χ1) is 15.7. The first kappa shape index (κ1) is 22.2. The number of thioether (sulfide) groups is 1. The summed E-state index contributed by atoms with van der Waals surface area (Å²) >= 11 is 6.87. The van der Waals surface area contributed by atoms with Gasteiger partial charge in [0.05, 0.1) is 26.3 Å². The van der Waals surface area contributed by atoms with Gasteiger partial charge >= 0.3 is 0 Å². The zero-order valence-electron chi connectivity index (χ0n) is 16.5. The second-order valence-corrected chi connectivity index (χ2v) is 8.22. The average Bonchev–Trinajstić information content (AvgIpc) is 3.34. The maximum atomic E-state index is 12.7. The molecular formula is C21H12ClN3O7S. The van der Waals surface area contributed by atoms with E-state index in [0.29, 0.717) is 11.1 Å². The SMILES string of the molecule is O=C1S/C(=C/c2ccc(-c3cc([N+](=O)[O-])ccc3Cl)o2)C(=O)N1Cc1ccc([N+](=O)[O-])cc1. The minimum Gasteiger partial charge on any atom is -0.457 e. The summed E-state index contributed by atoms with van der Waals surface area (Å²) in [6.07, 6.45) is 1.40. The Kier molecular flexibility index (Phi) is 5.99. The van der Waals surface area contributed by atoms with Crippen LogP contribution in [-0.4, -0.2) is 25.9 Å². The Morgan fingerprint density at radius 3 is 2.30 bits per heavy atom. The van der Waals surface area contributed by atoms with Gasteiger partial charge in [-0.25, -0.2) is 0 Å². The van der Waals surface area contributed by atoms with Crippen molar-refractivity contribution in [2.45, 2.75) is 6.54 Å². The van der Waals surface area contributed by atoms with Crippen molar-refractivity contribution in [2.75, 3.05) is 0 Å². The van der Waals surface area contributed by atoms with Crippen LogP contribution in [0.25, 0.3) is 17.4 Å². The lowest BCUT2D eigenvalue weighted by Gasteiger charge is -2.12. The summed E-state index contributed by atoms with van der Waals surface area (Å²) in [5.41, 5.74) is 0.631. The van der Waals surface area contributed by atoms with Crippen LogP contribution in [-0.2, 0) is 11.3 Å². The number of nitro benzene ring substituents is 2. The first-order valence-electron chi connectivity index (χ1n) is 9.26. The minimum atomic E-state index is -0.551. The van der Waals surface area contributed by atoms with Crippen molar-refractivity contribution < 1.29 is 23.9 Å². The molecule has 1 aliphatic rings. The van der Waals surface area contributed by atoms with Crippen molar-refractivity contribution in [1.82, 2.24) is 4.90 Å². The zero-order valence-corrected chi connectivity index (χ0v) is 18.0. The second kappa shape index (κ2) is 8.88. The van der Waals surface area contributed by atoms with Gasteiger partial charge in [0.25, 0.3) is 22.5 Å². The second-order valence-electron chi connectivity index (χ2n) is 6.81. The van der Waals surface area contributed by atoms with Crippen molar-refractivity contribution in [3.05, 3.63) is 96.1 Å². The zero-order chi connectivity index (χ0) is 23.7. The van der Waals surface area contributed by atoms with E-state index in [0.717, 1.165) is 16.7 Å². The van der Waals surface area contributed by atoms with Crippen molar-refractivity contribution >= 4 is 52.0 Å². The molecular weight excluding hydrogens is 474 g/mol. The van der Waals surface area contributed by atoms with E-state index >= 15 is 0 Å². The number of nitrogens with zero attached hydrogens (tertiary/aromatic N) is 3. The largest absolute Gasteiger partial charge is 0.457 e. The fourth-order valence-electron chi connectivity index (χ4n) is 3.06. The number of non-ortho nitro benzene ring substituents is 2. The molecule has 0 N–H and O–H groups in total. The molecule has 0 bridgehead atoms. The molecule has 166 valence electrons. The van der Waals surface area contributed by atoms with E-state index in [9.17, 15) is 29.8 Å². The number of halogens is 1. The fourth-order valence-corrected chi connectivity index (χ4v) is 4.09. The molecule has 2 heterocycles. The maximum Gasteiger partial charge on any atom is 0.293 e. The van der Waals surface area contributed by atoms with E-state index in [1.165, 1.54) is 48.5 Å². The van der Waals surface area contributed by atoms with Crippen LogP contribution in [0.3, 0.4) is 0 Å². The Labute approximate surface area is 194 Å². The van der Waals surface area contributed by atoms with Gasteiger partial charge in [-0.3, -0.25) is 34.7 Å². The van der Waals surface area contributed by atoms with Gasteiger partial charge in [0.2, 0.25) is 0 Å². The van der Waals surface area contributed by atoms with Gasteiger partial charge in [-0.1, -0.05) is 23.7 Å². The summed E-state index contributed by atoms with van der Waals surface area (Å²) in [5, 5.41) is 21.6. The molecule has 4 rings (SSSR count). The lowest BCUT2D eigenvalue weighted by Crippen LogP contribution is -2.27. The number of carbonyl (C=O) groups excluding carboxylic acids is 2. The van der Waals surface area contributed by atoms with Crippen LogP contribution in [0.4, 0.5) is 16.2 Å². The number of benzene rings is 2. The van der Waals surface area contributed by atoms with E-state index in [2.05, 4.69) is 0 Å². The predicted molar refractivity (Wildman–Crippen MR) is 120 cm³/mol. The summed E-state index contributed by atoms with van der Waals surface area (Å²) in [5.74, 6) is -0.0110. The molecule has 2 aromatic carbocycles. The number of hydrogen-bond acceptors (Lipinski definition) is 8. The topological polar surface area (TPSA) is 137 Å². The Morgan fingerprint density at radius 2 is 1.64 bits per heavy atom. The lowest BCUT2D eigenvalue weighted by atomic mass is 10.1. The molecule has 12 heteroatoms. The Balaban J connectivity index is 1.54. The van der Waals surface area contributed by atoms with E-state index < -0.39 is 21.0 Å². The van der Waals surface area contributed by atoms with Gasteiger partial charge < -0.3 is 4.42 Å². The summed E-state index contributed by atoms with van der Waals surface area (Å²) < 4.78 is 5.68. The Bertz CT molecular complexity index is 1330. The molecule has 0 saturated carbocycles. The van der Waals surface area contributed by atoms with Gasteiger partial charge in [-0.15, -0.1) is 0 Å². The molecule has 1 saturated heterocycles. The molecule has 3 aromatic rings. The highest BCUT2D eigenvalue weighted by atomic mass is 35.5. The molecule has 0 atom stereocenters. The highest BCUT2D eigenvalue weighted by Crippen LogP contribution is 2.36. The average molecular weight is 486 g/mol. The standard InChI is InChI=1S/C21H12ClN3O7S/c22-17-7-5-14(25(30)31)9-16(17)18-8-6-15(32-18)10-19-20(26)23(21(27)33-19)11-12-1-3-13(4-2-12)24(28)29/h1-10H,11H2/b19-10+. The number of amides is 2. The van der Waals surface area contributed by atoms with Crippen LogP contribution in [0.2, 0.25) is 5.02 Å². The van der Waals surface area contributed by atoms with Crippen LogP contribution < -0.4 is 0 Å². The van der Waals surface area contributed by atoms with E-state index in [4.69, 9.17) is 16.0 Å². The summed E-state index contributed by atoms with van der Waals surface area (Å²) in [4.78, 5) is 46.9. The highest BCUT2D eigenvalue weighted by molar-refractivity contribution is 8.18. The summed E-state index contributed by atoms with van der Waals surface area (Å²) in [7, 11) is 0. The van der Waals surface area contributed by atoms with Crippen LogP contribution in [0.5, 0.6) is 0 Å². The first-order valence-corrected chi connectivity index (χ1v) is 10.5. The number of hydrogen-bond donors (Lipinski definition) is 0. The molecule has 0 unspecified atom stereocenters. The highest BCUT2D eigenvalue weighted by Gasteiger charge is 2.35. The van der Waals surface area contributed by atoms with Crippen molar-refractivity contribution in [3.63, 3.8) is 0 Å². The third-order valence-corrected chi connectivity index (χ3v) is 5.92. The van der Waals surface area contributed by atoms with Gasteiger partial charge in [0.1, 0.15) is 11.5 Å². The smallest absolute Gasteiger partial charge is 0.293 e.